The van der Waals surface area contributed by atoms with Crippen molar-refractivity contribution in [1.29, 1.82) is 0 Å². The molecule has 0 unspecified atom stereocenters. The highest BCUT2D eigenvalue weighted by atomic mass is 35.5. The molecular formula is C17H10Cl2F3N3. The summed E-state index contributed by atoms with van der Waals surface area (Å²) in [4.78, 5) is 3.98. The second-order valence-corrected chi connectivity index (χ2v) is 5.90. The van der Waals surface area contributed by atoms with Gasteiger partial charge in [-0.2, -0.15) is 5.10 Å². The molecule has 0 fully saturated rings. The molecule has 0 saturated carbocycles. The molecule has 0 atom stereocenters. The van der Waals surface area contributed by atoms with Crippen molar-refractivity contribution < 1.29 is 13.2 Å². The van der Waals surface area contributed by atoms with Gasteiger partial charge in [-0.25, -0.2) is 18.2 Å². The Morgan fingerprint density at radius 3 is 2.16 bits per heavy atom. The number of aryl methyl sites for hydroxylation is 1. The average molecular weight is 384 g/mol. The first-order valence-electron chi connectivity index (χ1n) is 7.24. The second kappa shape index (κ2) is 6.98. The van der Waals surface area contributed by atoms with Gasteiger partial charge in [-0.15, -0.1) is 5.10 Å². The van der Waals surface area contributed by atoms with Gasteiger partial charge in [0.25, 0.3) is 0 Å². The minimum absolute atomic E-state index is 0.00682. The second-order valence-electron chi connectivity index (χ2n) is 5.16. The summed E-state index contributed by atoms with van der Waals surface area (Å²) < 4.78 is 42.0. The lowest BCUT2D eigenvalue weighted by molar-refractivity contribution is 0.548. The molecule has 3 nitrogen and oxygen atoms in total. The minimum Gasteiger partial charge on any atom is -0.244 e. The fourth-order valence-corrected chi connectivity index (χ4v) is 2.88. The summed E-state index contributed by atoms with van der Waals surface area (Å²) in [5.74, 6) is -3.20. The first-order valence-corrected chi connectivity index (χ1v) is 7.99. The fourth-order valence-electron chi connectivity index (χ4n) is 2.54. The number of nitrogens with zero attached hydrogens (tertiary/aromatic N) is 3. The molecule has 0 amide bonds. The molecule has 25 heavy (non-hydrogen) atoms. The van der Waals surface area contributed by atoms with Gasteiger partial charge in [-0.3, -0.25) is 0 Å². The Balaban J connectivity index is 2.39. The van der Waals surface area contributed by atoms with Crippen molar-refractivity contribution in [1.82, 2.24) is 15.2 Å². The van der Waals surface area contributed by atoms with Gasteiger partial charge >= 0.3 is 0 Å². The maximum Gasteiger partial charge on any atom is 0.160 e. The van der Waals surface area contributed by atoms with E-state index in [1.165, 1.54) is 12.3 Å². The maximum absolute atomic E-state index is 14.3. The van der Waals surface area contributed by atoms with Crippen LogP contribution in [0.25, 0.3) is 22.3 Å². The van der Waals surface area contributed by atoms with Crippen molar-refractivity contribution in [3.05, 3.63) is 63.9 Å². The lowest BCUT2D eigenvalue weighted by Crippen LogP contribution is -2.03. The summed E-state index contributed by atoms with van der Waals surface area (Å²) >= 11 is 11.9. The van der Waals surface area contributed by atoms with Crippen LogP contribution in [-0.2, 0) is 6.42 Å². The highest BCUT2D eigenvalue weighted by Crippen LogP contribution is 2.40. The normalized spacial score (nSPS) is 11.0. The molecule has 0 aliphatic heterocycles. The zero-order valence-electron chi connectivity index (χ0n) is 12.8. The standard InChI is InChI=1S/C17H10Cl2F3N3/c1-2-12-14(8-3-4-13(18)23-7-8)16(17(19)25-24-12)15-10(21)5-9(20)6-11(15)22/h3-7H,2H2,1H3. The van der Waals surface area contributed by atoms with Crippen LogP contribution in [0.3, 0.4) is 0 Å². The third kappa shape index (κ3) is 3.32. The van der Waals surface area contributed by atoms with Crippen LogP contribution in [0.15, 0.2) is 30.5 Å². The van der Waals surface area contributed by atoms with Crippen LogP contribution in [0.1, 0.15) is 12.6 Å². The molecule has 0 radical (unpaired) electrons. The Morgan fingerprint density at radius 2 is 1.60 bits per heavy atom. The van der Waals surface area contributed by atoms with E-state index in [9.17, 15) is 13.2 Å². The topological polar surface area (TPSA) is 38.7 Å². The summed E-state index contributed by atoms with van der Waals surface area (Å²) in [7, 11) is 0. The molecule has 8 heteroatoms. The Bertz CT molecular complexity index is 924. The van der Waals surface area contributed by atoms with Crippen molar-refractivity contribution in [2.24, 2.45) is 0 Å². The van der Waals surface area contributed by atoms with E-state index in [2.05, 4.69) is 15.2 Å². The summed E-state index contributed by atoms with van der Waals surface area (Å²) in [6, 6.07) is 4.34. The third-order valence-corrected chi connectivity index (χ3v) is 4.10. The van der Waals surface area contributed by atoms with Crippen LogP contribution in [0, 0.1) is 17.5 Å². The number of halogens is 5. The van der Waals surface area contributed by atoms with Gasteiger partial charge in [-0.05, 0) is 18.6 Å². The summed E-state index contributed by atoms with van der Waals surface area (Å²) in [6.07, 6.45) is 1.87. The van der Waals surface area contributed by atoms with Gasteiger partial charge in [0, 0.05) is 35.0 Å². The molecule has 0 aliphatic rings. The monoisotopic (exact) mass is 383 g/mol. The predicted molar refractivity (Wildman–Crippen MR) is 90.0 cm³/mol. The molecule has 0 N–H and O–H groups in total. The van der Waals surface area contributed by atoms with E-state index in [-0.39, 0.29) is 15.9 Å². The molecule has 2 heterocycles. The van der Waals surface area contributed by atoms with Gasteiger partial charge in [0.05, 0.1) is 11.3 Å². The molecule has 2 aromatic heterocycles. The van der Waals surface area contributed by atoms with E-state index in [1.807, 2.05) is 6.92 Å². The summed E-state index contributed by atoms with van der Waals surface area (Å²) in [6.45, 7) is 1.81. The number of pyridine rings is 1. The molecule has 0 bridgehead atoms. The van der Waals surface area contributed by atoms with Gasteiger partial charge < -0.3 is 0 Å². The molecule has 3 rings (SSSR count). The van der Waals surface area contributed by atoms with Crippen LogP contribution in [0.5, 0.6) is 0 Å². The third-order valence-electron chi connectivity index (χ3n) is 3.61. The van der Waals surface area contributed by atoms with Crippen molar-refractivity contribution >= 4 is 23.2 Å². The minimum atomic E-state index is -1.09. The average Bonchev–Trinajstić information content (AvgIpc) is 2.56. The lowest BCUT2D eigenvalue weighted by Gasteiger charge is -2.15. The van der Waals surface area contributed by atoms with Crippen LogP contribution in [0.4, 0.5) is 13.2 Å². The van der Waals surface area contributed by atoms with Crippen molar-refractivity contribution in [2.45, 2.75) is 13.3 Å². The van der Waals surface area contributed by atoms with Crippen LogP contribution < -0.4 is 0 Å². The van der Waals surface area contributed by atoms with E-state index in [1.54, 1.807) is 6.07 Å². The Labute approximate surface area is 151 Å². The number of rotatable bonds is 3. The van der Waals surface area contributed by atoms with Gasteiger partial charge in [0.15, 0.2) is 5.15 Å². The number of hydrogen-bond donors (Lipinski definition) is 0. The number of hydrogen-bond acceptors (Lipinski definition) is 3. The van der Waals surface area contributed by atoms with Crippen molar-refractivity contribution in [2.75, 3.05) is 0 Å². The van der Waals surface area contributed by atoms with Gasteiger partial charge in [-0.1, -0.05) is 30.1 Å². The smallest absolute Gasteiger partial charge is 0.160 e. The first kappa shape index (κ1) is 17.6. The van der Waals surface area contributed by atoms with Crippen molar-refractivity contribution in [3.8, 4) is 22.3 Å². The SMILES string of the molecule is CCc1nnc(Cl)c(-c2c(F)cc(F)cc2F)c1-c1ccc(Cl)nc1. The van der Waals surface area contributed by atoms with E-state index in [4.69, 9.17) is 23.2 Å². The van der Waals surface area contributed by atoms with E-state index >= 15 is 0 Å². The van der Waals surface area contributed by atoms with Crippen molar-refractivity contribution in [3.63, 3.8) is 0 Å². The van der Waals surface area contributed by atoms with Crippen LogP contribution in [-0.4, -0.2) is 15.2 Å². The Hall–Kier alpha value is -2.18. The zero-order chi connectivity index (χ0) is 18.1. The molecule has 1 aromatic carbocycles. The van der Waals surface area contributed by atoms with Gasteiger partial charge in [0.2, 0.25) is 0 Å². The van der Waals surface area contributed by atoms with Crippen LogP contribution in [0.2, 0.25) is 10.3 Å². The number of benzene rings is 1. The van der Waals surface area contributed by atoms with Crippen LogP contribution >= 0.6 is 23.2 Å². The molecule has 0 aliphatic carbocycles. The first-order chi connectivity index (χ1) is 11.9. The Kier molecular flexibility index (Phi) is 4.92. The lowest BCUT2D eigenvalue weighted by atomic mass is 9.94. The van der Waals surface area contributed by atoms with E-state index in [0.29, 0.717) is 35.4 Å². The molecule has 3 aromatic rings. The van der Waals surface area contributed by atoms with E-state index < -0.39 is 23.0 Å². The van der Waals surface area contributed by atoms with E-state index in [0.717, 1.165) is 0 Å². The highest BCUT2D eigenvalue weighted by molar-refractivity contribution is 6.33. The highest BCUT2D eigenvalue weighted by Gasteiger charge is 2.24. The molecule has 0 spiro atoms. The molecule has 0 saturated heterocycles. The maximum atomic E-state index is 14.3. The molecule has 128 valence electrons. The molecular weight excluding hydrogens is 374 g/mol. The quantitative estimate of drug-likeness (QED) is 0.561. The number of aromatic nitrogens is 3. The predicted octanol–water partition coefficient (Wildman–Crippen LogP) is 5.49. The summed E-state index contributed by atoms with van der Waals surface area (Å²) in [5, 5.41) is 7.83. The van der Waals surface area contributed by atoms with Gasteiger partial charge in [0.1, 0.15) is 22.6 Å². The zero-order valence-corrected chi connectivity index (χ0v) is 14.3. The fraction of sp³-hybridized carbons (Fsp3) is 0.118. The Morgan fingerprint density at radius 1 is 0.920 bits per heavy atom. The largest absolute Gasteiger partial charge is 0.244 e. The summed E-state index contributed by atoms with van der Waals surface area (Å²) in [5.41, 5.74) is 0.868.